The maximum atomic E-state index is 12.8. The molecule has 0 radical (unpaired) electrons. The van der Waals surface area contributed by atoms with Gasteiger partial charge in [0, 0.05) is 13.0 Å². The SMILES string of the molecule is CCCCCCCC/C=C\CCCCCCCC(=O)O[C@H](COCCCCCCCCCCCCCCCCCCCC)COP(=O)(O)OC1C(O)C(O)C(O)[C@@H](O)C1O. The summed E-state index contributed by atoms with van der Waals surface area (Å²) in [6.07, 6.45) is 29.9. The molecular weight excluding hydrogens is 787 g/mol. The van der Waals surface area contributed by atoms with E-state index in [1.165, 1.54) is 135 Å². The van der Waals surface area contributed by atoms with E-state index in [-0.39, 0.29) is 13.0 Å². The van der Waals surface area contributed by atoms with Crippen LogP contribution >= 0.6 is 7.82 Å². The van der Waals surface area contributed by atoms with E-state index in [0.717, 1.165) is 57.8 Å². The van der Waals surface area contributed by atoms with E-state index in [0.29, 0.717) is 13.0 Å². The molecule has 0 bridgehead atoms. The monoisotopic (exact) mass is 879 g/mol. The van der Waals surface area contributed by atoms with E-state index in [2.05, 4.69) is 26.0 Å². The molecule has 1 aliphatic rings. The van der Waals surface area contributed by atoms with Gasteiger partial charge in [0.05, 0.1) is 13.2 Å². The summed E-state index contributed by atoms with van der Waals surface area (Å²) in [6.45, 7) is 4.28. The third kappa shape index (κ3) is 30.2. The Labute approximate surface area is 365 Å². The van der Waals surface area contributed by atoms with Gasteiger partial charge in [-0.25, -0.2) is 4.57 Å². The number of allylic oxidation sites excluding steroid dienone is 2. The second kappa shape index (κ2) is 38.5. The number of aliphatic hydroxyl groups is 5. The first kappa shape index (κ1) is 57.1. The molecule has 1 saturated carbocycles. The van der Waals surface area contributed by atoms with Crippen molar-refractivity contribution in [3.63, 3.8) is 0 Å². The first-order valence-corrected chi connectivity index (χ1v) is 26.0. The predicted octanol–water partition coefficient (Wildman–Crippen LogP) is 10.3. The third-order valence-corrected chi connectivity index (χ3v) is 12.6. The minimum atomic E-state index is -5.02. The van der Waals surface area contributed by atoms with Gasteiger partial charge in [0.2, 0.25) is 0 Å². The number of unbranched alkanes of at least 4 members (excludes halogenated alkanes) is 28. The highest BCUT2D eigenvalue weighted by atomic mass is 31.2. The highest BCUT2D eigenvalue weighted by Gasteiger charge is 2.51. The average Bonchev–Trinajstić information content (AvgIpc) is 3.23. The quantitative estimate of drug-likeness (QED) is 0.0147. The van der Waals surface area contributed by atoms with Crippen LogP contribution in [-0.4, -0.2) is 98.9 Å². The fourth-order valence-electron chi connectivity index (χ4n) is 7.70. The van der Waals surface area contributed by atoms with Gasteiger partial charge >= 0.3 is 13.8 Å². The molecule has 0 heterocycles. The summed E-state index contributed by atoms with van der Waals surface area (Å²) in [4.78, 5) is 23.2. The van der Waals surface area contributed by atoms with E-state index in [4.69, 9.17) is 18.5 Å². The predicted molar refractivity (Wildman–Crippen MR) is 240 cm³/mol. The summed E-state index contributed by atoms with van der Waals surface area (Å²) in [7, 11) is -5.02. The van der Waals surface area contributed by atoms with Crippen LogP contribution in [0.15, 0.2) is 12.2 Å². The maximum absolute atomic E-state index is 12.8. The van der Waals surface area contributed by atoms with Crippen molar-refractivity contribution in [2.75, 3.05) is 19.8 Å². The summed E-state index contributed by atoms with van der Waals surface area (Å²) in [5.41, 5.74) is 0. The zero-order chi connectivity index (χ0) is 44.1. The van der Waals surface area contributed by atoms with Gasteiger partial charge in [-0.3, -0.25) is 13.8 Å². The van der Waals surface area contributed by atoms with Crippen molar-refractivity contribution in [2.24, 2.45) is 0 Å². The van der Waals surface area contributed by atoms with Gasteiger partial charge in [-0.2, -0.15) is 0 Å². The zero-order valence-corrected chi connectivity index (χ0v) is 38.9. The lowest BCUT2D eigenvalue weighted by molar-refractivity contribution is -0.220. The Bertz CT molecular complexity index is 1050. The second-order valence-electron chi connectivity index (χ2n) is 17.3. The molecule has 0 amide bonds. The van der Waals surface area contributed by atoms with Gasteiger partial charge in [0.15, 0.2) is 0 Å². The Balaban J connectivity index is 2.36. The zero-order valence-electron chi connectivity index (χ0n) is 38.0. The second-order valence-corrected chi connectivity index (χ2v) is 18.7. The number of hydrogen-bond donors (Lipinski definition) is 6. The minimum Gasteiger partial charge on any atom is -0.457 e. The maximum Gasteiger partial charge on any atom is 0.472 e. The van der Waals surface area contributed by atoms with Crippen molar-refractivity contribution in [1.82, 2.24) is 0 Å². The fraction of sp³-hybridized carbons (Fsp3) is 0.936. The number of esters is 1. The number of rotatable bonds is 42. The summed E-state index contributed by atoms with van der Waals surface area (Å²) in [5, 5.41) is 50.2. The standard InChI is InChI=1S/C47H91O12P/c1-3-5-7-9-11-13-15-17-19-20-21-23-25-27-29-31-33-35-37-56-38-40(39-57-60(54,55)59-47-45(52)43(50)42(49)44(51)46(47)53)58-41(48)36-34-32-30-28-26-24-22-18-16-14-12-10-8-6-4-2/h18,22,40,42-47,49-53H,3-17,19-21,23-39H2,1-2H3,(H,54,55)/b22-18-/t40-,42?,43-,44?,45?,46?,47?/m1/s1. The van der Waals surface area contributed by atoms with Crippen LogP contribution in [0.5, 0.6) is 0 Å². The van der Waals surface area contributed by atoms with E-state index < -0.39 is 63.1 Å². The van der Waals surface area contributed by atoms with Crippen LogP contribution in [0.25, 0.3) is 0 Å². The number of phosphoric acid groups is 1. The van der Waals surface area contributed by atoms with E-state index in [9.17, 15) is 39.8 Å². The van der Waals surface area contributed by atoms with Crippen molar-refractivity contribution in [3.05, 3.63) is 12.2 Å². The molecule has 0 aromatic rings. The highest BCUT2D eigenvalue weighted by molar-refractivity contribution is 7.47. The van der Waals surface area contributed by atoms with Gasteiger partial charge in [-0.15, -0.1) is 0 Å². The topological polar surface area (TPSA) is 192 Å². The molecule has 0 aromatic carbocycles. The van der Waals surface area contributed by atoms with E-state index in [1.54, 1.807) is 0 Å². The molecule has 60 heavy (non-hydrogen) atoms. The van der Waals surface area contributed by atoms with Crippen LogP contribution in [0.3, 0.4) is 0 Å². The lowest BCUT2D eigenvalue weighted by Gasteiger charge is -2.41. The summed E-state index contributed by atoms with van der Waals surface area (Å²) in [5.74, 6) is -0.481. The van der Waals surface area contributed by atoms with Crippen molar-refractivity contribution in [3.8, 4) is 0 Å². The molecule has 1 rings (SSSR count). The molecule has 13 heteroatoms. The lowest BCUT2D eigenvalue weighted by atomic mass is 9.85. The number of carbonyl (C=O) groups is 1. The molecule has 0 saturated heterocycles. The number of carbonyl (C=O) groups excluding carboxylic acids is 1. The lowest BCUT2D eigenvalue weighted by Crippen LogP contribution is -2.64. The number of phosphoric ester groups is 1. The Morgan fingerprint density at radius 2 is 0.883 bits per heavy atom. The van der Waals surface area contributed by atoms with Crippen molar-refractivity contribution in [2.45, 2.75) is 262 Å². The van der Waals surface area contributed by atoms with Crippen LogP contribution in [0.2, 0.25) is 0 Å². The first-order chi connectivity index (χ1) is 29.0. The molecule has 0 aromatic heterocycles. The van der Waals surface area contributed by atoms with Gasteiger partial charge < -0.3 is 39.9 Å². The Morgan fingerprint density at radius 3 is 1.32 bits per heavy atom. The van der Waals surface area contributed by atoms with Crippen LogP contribution in [0, 0.1) is 0 Å². The summed E-state index contributed by atoms with van der Waals surface area (Å²) in [6, 6.07) is 0. The molecule has 8 atom stereocenters. The van der Waals surface area contributed by atoms with Crippen LogP contribution < -0.4 is 0 Å². The number of hydrogen-bond acceptors (Lipinski definition) is 11. The van der Waals surface area contributed by atoms with Gasteiger partial charge in [-0.1, -0.05) is 187 Å². The Kier molecular flexibility index (Phi) is 36.7. The number of ether oxygens (including phenoxy) is 2. The molecule has 356 valence electrons. The minimum absolute atomic E-state index is 0.0740. The largest absolute Gasteiger partial charge is 0.472 e. The fourth-order valence-corrected chi connectivity index (χ4v) is 8.68. The smallest absolute Gasteiger partial charge is 0.457 e. The molecule has 0 spiro atoms. The molecule has 0 aliphatic heterocycles. The third-order valence-electron chi connectivity index (χ3n) is 11.6. The van der Waals surface area contributed by atoms with Crippen molar-refractivity contribution in [1.29, 1.82) is 0 Å². The average molecular weight is 879 g/mol. The highest BCUT2D eigenvalue weighted by Crippen LogP contribution is 2.47. The first-order valence-electron chi connectivity index (χ1n) is 24.5. The van der Waals surface area contributed by atoms with Gasteiger partial charge in [-0.05, 0) is 38.5 Å². The summed E-state index contributed by atoms with van der Waals surface area (Å²) < 4.78 is 34.2. The molecule has 6 N–H and O–H groups in total. The Hall–Kier alpha value is -0.920. The normalized spacial score (nSPS) is 22.3. The van der Waals surface area contributed by atoms with Gasteiger partial charge in [0.25, 0.3) is 0 Å². The summed E-state index contributed by atoms with van der Waals surface area (Å²) >= 11 is 0. The number of aliphatic hydroxyl groups excluding tert-OH is 5. The molecule has 6 unspecified atom stereocenters. The molecule has 1 fully saturated rings. The van der Waals surface area contributed by atoms with Crippen molar-refractivity contribution < 1.29 is 58.3 Å². The van der Waals surface area contributed by atoms with Gasteiger partial charge in [0.1, 0.15) is 42.7 Å². The molecule has 1 aliphatic carbocycles. The molecular formula is C47H91O12P. The van der Waals surface area contributed by atoms with Crippen LogP contribution in [-0.2, 0) is 27.9 Å². The van der Waals surface area contributed by atoms with E-state index in [1.807, 2.05) is 0 Å². The molecule has 12 nitrogen and oxygen atoms in total. The van der Waals surface area contributed by atoms with E-state index >= 15 is 0 Å². The van der Waals surface area contributed by atoms with Crippen LogP contribution in [0.1, 0.15) is 219 Å². The van der Waals surface area contributed by atoms with Crippen molar-refractivity contribution >= 4 is 13.8 Å². The Morgan fingerprint density at radius 1 is 0.517 bits per heavy atom. The van der Waals surface area contributed by atoms with Crippen LogP contribution in [0.4, 0.5) is 0 Å².